The summed E-state index contributed by atoms with van der Waals surface area (Å²) in [6, 6.07) is 3.44. The first-order chi connectivity index (χ1) is 13.9. The number of hydrogen-bond acceptors (Lipinski definition) is 5. The lowest BCUT2D eigenvalue weighted by Gasteiger charge is -2.17. The first-order valence-electron chi connectivity index (χ1n) is 9.41. The Hall–Kier alpha value is -3.16. The topological polar surface area (TPSA) is 72.1 Å². The maximum Gasteiger partial charge on any atom is 0.259 e. The summed E-state index contributed by atoms with van der Waals surface area (Å²) in [6.45, 7) is 4.57. The van der Waals surface area contributed by atoms with Gasteiger partial charge in [-0.25, -0.2) is 8.78 Å². The molecule has 2 aromatic heterocycles. The number of carbonyl (C=O) groups excluding carboxylic acids is 1. The summed E-state index contributed by atoms with van der Waals surface area (Å²) in [4.78, 5) is 23.0. The lowest BCUT2D eigenvalue weighted by Crippen LogP contribution is -2.30. The van der Waals surface area contributed by atoms with Crippen molar-refractivity contribution in [3.8, 4) is 11.3 Å². The lowest BCUT2D eigenvalue weighted by atomic mass is 10.0. The van der Waals surface area contributed by atoms with Gasteiger partial charge in [-0.15, -0.1) is 0 Å². The molecular formula is C21H20F2N4O2. The third-order valence-corrected chi connectivity index (χ3v) is 5.24. The third-order valence-electron chi connectivity index (χ3n) is 5.24. The Labute approximate surface area is 166 Å². The Balaban J connectivity index is 1.42. The summed E-state index contributed by atoms with van der Waals surface area (Å²) >= 11 is 0. The van der Waals surface area contributed by atoms with Crippen LogP contribution >= 0.6 is 0 Å². The SMILES string of the molecule is Cc1noc(C)c1-c1cnc(C[C@@H]2CCN(C(=O)c3c(F)cccc3F)C2)cn1. The van der Waals surface area contributed by atoms with E-state index in [1.54, 1.807) is 12.4 Å². The molecule has 1 amide bonds. The molecule has 1 saturated heterocycles. The molecule has 0 aliphatic carbocycles. The Morgan fingerprint density at radius 2 is 1.97 bits per heavy atom. The van der Waals surface area contributed by atoms with Crippen LogP contribution in [0.25, 0.3) is 11.3 Å². The van der Waals surface area contributed by atoms with Crippen LogP contribution in [0.4, 0.5) is 8.78 Å². The molecule has 0 unspecified atom stereocenters. The molecule has 1 aliphatic heterocycles. The summed E-state index contributed by atoms with van der Waals surface area (Å²) < 4.78 is 33.0. The summed E-state index contributed by atoms with van der Waals surface area (Å²) in [7, 11) is 0. The molecule has 1 atom stereocenters. The molecule has 29 heavy (non-hydrogen) atoms. The maximum atomic E-state index is 13.9. The van der Waals surface area contributed by atoms with Crippen LogP contribution in [0.2, 0.25) is 0 Å². The fourth-order valence-electron chi connectivity index (χ4n) is 3.78. The first kappa shape index (κ1) is 19.2. The van der Waals surface area contributed by atoms with Crippen molar-refractivity contribution in [2.75, 3.05) is 13.1 Å². The zero-order valence-corrected chi connectivity index (χ0v) is 16.2. The highest BCUT2D eigenvalue weighted by atomic mass is 19.1. The Morgan fingerprint density at radius 3 is 2.59 bits per heavy atom. The summed E-state index contributed by atoms with van der Waals surface area (Å²) in [5.74, 6) is -1.43. The van der Waals surface area contributed by atoms with Crippen molar-refractivity contribution in [3.63, 3.8) is 0 Å². The average Bonchev–Trinajstić information content (AvgIpc) is 3.29. The molecule has 6 nitrogen and oxygen atoms in total. The molecule has 0 bridgehead atoms. The number of aromatic nitrogens is 3. The molecule has 3 aromatic rings. The van der Waals surface area contributed by atoms with Gasteiger partial charge < -0.3 is 9.42 Å². The zero-order chi connectivity index (χ0) is 20.5. The first-order valence-corrected chi connectivity index (χ1v) is 9.41. The van der Waals surface area contributed by atoms with Gasteiger partial charge in [0.25, 0.3) is 5.91 Å². The smallest absolute Gasteiger partial charge is 0.259 e. The summed E-state index contributed by atoms with van der Waals surface area (Å²) in [6.07, 6.45) is 4.78. The van der Waals surface area contributed by atoms with Crippen LogP contribution in [-0.2, 0) is 6.42 Å². The van der Waals surface area contributed by atoms with Crippen molar-refractivity contribution >= 4 is 5.91 Å². The number of carbonyl (C=O) groups is 1. The standard InChI is InChI=1S/C21H20F2N4O2/c1-12-19(13(2)29-26-12)18-10-24-15(9-25-18)8-14-6-7-27(11-14)21(28)20-16(22)4-3-5-17(20)23/h3-5,9-10,14H,6-8,11H2,1-2H3/t14-/m0/s1. The van der Waals surface area contributed by atoms with Gasteiger partial charge in [0.15, 0.2) is 0 Å². The van der Waals surface area contributed by atoms with E-state index in [1.807, 2.05) is 13.8 Å². The minimum absolute atomic E-state index is 0.160. The van der Waals surface area contributed by atoms with Crippen molar-refractivity contribution in [3.05, 3.63) is 64.9 Å². The van der Waals surface area contributed by atoms with E-state index >= 15 is 0 Å². The van der Waals surface area contributed by atoms with Gasteiger partial charge in [0, 0.05) is 19.3 Å². The molecule has 1 aromatic carbocycles. The highest BCUT2D eigenvalue weighted by Crippen LogP contribution is 2.26. The molecule has 0 radical (unpaired) electrons. The number of rotatable bonds is 4. The summed E-state index contributed by atoms with van der Waals surface area (Å²) in [5.41, 5.74) is 2.61. The molecule has 3 heterocycles. The maximum absolute atomic E-state index is 13.9. The molecule has 8 heteroatoms. The predicted octanol–water partition coefficient (Wildman–Crippen LogP) is 3.73. The van der Waals surface area contributed by atoms with E-state index in [-0.39, 0.29) is 5.92 Å². The van der Waals surface area contributed by atoms with Crippen molar-refractivity contribution in [2.24, 2.45) is 5.92 Å². The molecule has 1 fully saturated rings. The predicted molar refractivity (Wildman–Crippen MR) is 101 cm³/mol. The molecular weight excluding hydrogens is 378 g/mol. The van der Waals surface area contributed by atoms with Crippen LogP contribution in [0.1, 0.15) is 33.9 Å². The lowest BCUT2D eigenvalue weighted by molar-refractivity contribution is 0.0777. The Kier molecular flexibility index (Phi) is 5.08. The van der Waals surface area contributed by atoms with E-state index in [0.717, 1.165) is 35.5 Å². The number of hydrogen-bond donors (Lipinski definition) is 0. The van der Waals surface area contributed by atoms with Crippen LogP contribution in [0.3, 0.4) is 0 Å². The van der Waals surface area contributed by atoms with Crippen molar-refractivity contribution in [1.29, 1.82) is 0 Å². The molecule has 0 saturated carbocycles. The van der Waals surface area contributed by atoms with Gasteiger partial charge >= 0.3 is 0 Å². The van der Waals surface area contributed by atoms with E-state index in [2.05, 4.69) is 15.1 Å². The quantitative estimate of drug-likeness (QED) is 0.670. The largest absolute Gasteiger partial charge is 0.361 e. The number of benzene rings is 1. The van der Waals surface area contributed by atoms with Crippen LogP contribution in [0, 0.1) is 31.4 Å². The van der Waals surface area contributed by atoms with E-state index in [9.17, 15) is 13.6 Å². The van der Waals surface area contributed by atoms with Crippen LogP contribution in [0.5, 0.6) is 0 Å². The number of nitrogens with zero attached hydrogens (tertiary/aromatic N) is 4. The second kappa shape index (κ2) is 7.69. The van der Waals surface area contributed by atoms with Gasteiger partial charge in [0.1, 0.15) is 23.0 Å². The Morgan fingerprint density at radius 1 is 1.21 bits per heavy atom. The monoisotopic (exact) mass is 398 g/mol. The fraction of sp³-hybridized carbons (Fsp3) is 0.333. The number of aryl methyl sites for hydroxylation is 2. The van der Waals surface area contributed by atoms with Gasteiger partial charge in [0.2, 0.25) is 0 Å². The highest BCUT2D eigenvalue weighted by Gasteiger charge is 2.30. The Bertz CT molecular complexity index is 1010. The minimum Gasteiger partial charge on any atom is -0.361 e. The van der Waals surface area contributed by atoms with E-state index in [4.69, 9.17) is 4.52 Å². The number of halogens is 2. The van der Waals surface area contributed by atoms with Gasteiger partial charge in [0.05, 0.1) is 28.8 Å². The van der Waals surface area contributed by atoms with Crippen LogP contribution in [0.15, 0.2) is 35.1 Å². The number of amides is 1. The van der Waals surface area contributed by atoms with E-state index < -0.39 is 23.1 Å². The molecule has 0 N–H and O–H groups in total. The molecule has 4 rings (SSSR count). The van der Waals surface area contributed by atoms with Gasteiger partial charge in [-0.05, 0) is 44.7 Å². The van der Waals surface area contributed by atoms with Gasteiger partial charge in [-0.3, -0.25) is 14.8 Å². The van der Waals surface area contributed by atoms with Gasteiger partial charge in [-0.2, -0.15) is 0 Å². The van der Waals surface area contributed by atoms with Crippen molar-refractivity contribution < 1.29 is 18.1 Å². The zero-order valence-electron chi connectivity index (χ0n) is 16.2. The summed E-state index contributed by atoms with van der Waals surface area (Å²) in [5, 5.41) is 3.93. The van der Waals surface area contributed by atoms with Gasteiger partial charge in [-0.1, -0.05) is 11.2 Å². The second-order valence-corrected chi connectivity index (χ2v) is 7.30. The fourth-order valence-corrected chi connectivity index (χ4v) is 3.78. The van der Waals surface area contributed by atoms with E-state index in [1.165, 1.54) is 11.0 Å². The van der Waals surface area contributed by atoms with Crippen molar-refractivity contribution in [1.82, 2.24) is 20.0 Å². The highest BCUT2D eigenvalue weighted by molar-refractivity contribution is 5.95. The van der Waals surface area contributed by atoms with Crippen molar-refractivity contribution in [2.45, 2.75) is 26.7 Å². The normalized spacial score (nSPS) is 16.4. The van der Waals surface area contributed by atoms with Crippen LogP contribution < -0.4 is 0 Å². The molecule has 1 aliphatic rings. The van der Waals surface area contributed by atoms with E-state index in [0.29, 0.717) is 31.0 Å². The van der Waals surface area contributed by atoms with Crippen LogP contribution in [-0.4, -0.2) is 39.0 Å². The average molecular weight is 398 g/mol. The molecule has 150 valence electrons. The molecule has 0 spiro atoms. The minimum atomic E-state index is -0.834. The third kappa shape index (κ3) is 3.74. The second-order valence-electron chi connectivity index (χ2n) is 7.30. The number of likely N-dealkylation sites (tertiary alicyclic amines) is 1.